The van der Waals surface area contributed by atoms with Crippen molar-refractivity contribution in [2.45, 2.75) is 64.7 Å². The highest BCUT2D eigenvalue weighted by Gasteiger charge is 2.21. The van der Waals surface area contributed by atoms with Crippen LogP contribution in [-0.2, 0) is 9.59 Å². The van der Waals surface area contributed by atoms with Gasteiger partial charge >= 0.3 is 0 Å². The Morgan fingerprint density at radius 1 is 0.857 bits per heavy atom. The van der Waals surface area contributed by atoms with E-state index in [-0.39, 0.29) is 34.8 Å². The maximum absolute atomic E-state index is 13.0. The van der Waals surface area contributed by atoms with Gasteiger partial charge in [-0.1, -0.05) is 33.1 Å². The first kappa shape index (κ1) is 27.7. The summed E-state index contributed by atoms with van der Waals surface area (Å²) in [5, 5.41) is 31.5. The molecular formula is C26H35N3O6. The third-order valence-corrected chi connectivity index (χ3v) is 5.77. The van der Waals surface area contributed by atoms with Gasteiger partial charge in [0.25, 0.3) is 5.91 Å². The van der Waals surface area contributed by atoms with Crippen LogP contribution in [0.1, 0.15) is 80.6 Å². The van der Waals surface area contributed by atoms with Gasteiger partial charge in [0.15, 0.2) is 0 Å². The lowest BCUT2D eigenvalue weighted by atomic mass is 9.98. The van der Waals surface area contributed by atoms with Crippen molar-refractivity contribution in [3.63, 3.8) is 0 Å². The van der Waals surface area contributed by atoms with Crippen LogP contribution in [0.25, 0.3) is 0 Å². The molecule has 0 aliphatic rings. The van der Waals surface area contributed by atoms with Crippen molar-refractivity contribution in [1.82, 2.24) is 5.48 Å². The Morgan fingerprint density at radius 2 is 1.43 bits per heavy atom. The van der Waals surface area contributed by atoms with Crippen LogP contribution in [0.4, 0.5) is 11.4 Å². The van der Waals surface area contributed by atoms with Crippen molar-refractivity contribution in [3.8, 4) is 11.5 Å². The topological polar surface area (TPSA) is 139 Å². The summed E-state index contributed by atoms with van der Waals surface area (Å²) in [5.41, 5.74) is 3.48. The summed E-state index contributed by atoms with van der Waals surface area (Å²) < 4.78 is 0. The van der Waals surface area contributed by atoms with Gasteiger partial charge < -0.3 is 20.4 Å². The number of benzene rings is 2. The normalized spacial score (nSPS) is 10.8. The molecule has 5 N–H and O–H groups in total. The molecule has 0 bridgehead atoms. The molecule has 9 nitrogen and oxygen atoms in total. The highest BCUT2D eigenvalue weighted by molar-refractivity contribution is 6.08. The average Bonchev–Trinajstić information content (AvgIpc) is 2.82. The number of hydrogen-bond donors (Lipinski definition) is 5. The molecule has 2 aromatic rings. The van der Waals surface area contributed by atoms with Gasteiger partial charge in [-0.3, -0.25) is 19.6 Å². The first-order valence-electron chi connectivity index (χ1n) is 11.8. The van der Waals surface area contributed by atoms with Crippen LogP contribution in [0.3, 0.4) is 0 Å². The van der Waals surface area contributed by atoms with E-state index in [0.717, 1.165) is 25.7 Å². The fourth-order valence-electron chi connectivity index (χ4n) is 3.67. The molecule has 3 amide bonds. The lowest BCUT2D eigenvalue weighted by molar-refractivity contribution is -0.129. The van der Waals surface area contributed by atoms with Crippen LogP contribution in [-0.4, -0.2) is 40.2 Å². The maximum atomic E-state index is 13.0. The molecular weight excluding hydrogens is 450 g/mol. The van der Waals surface area contributed by atoms with Crippen molar-refractivity contribution < 1.29 is 29.8 Å². The number of aromatic hydroxyl groups is 2. The number of phenols is 2. The molecule has 2 aromatic carbocycles. The third-order valence-electron chi connectivity index (χ3n) is 5.77. The van der Waals surface area contributed by atoms with Crippen molar-refractivity contribution in [2.24, 2.45) is 0 Å². The average molecular weight is 486 g/mol. The minimum absolute atomic E-state index is 0.0181. The molecule has 0 fully saturated rings. The second kappa shape index (κ2) is 13.3. The van der Waals surface area contributed by atoms with Crippen molar-refractivity contribution in [2.75, 3.05) is 17.3 Å². The predicted octanol–water partition coefficient (Wildman–Crippen LogP) is 4.67. The molecule has 0 spiro atoms. The van der Waals surface area contributed by atoms with E-state index in [9.17, 15) is 24.6 Å². The number of hydrogen-bond acceptors (Lipinski definition) is 6. The molecule has 0 saturated heterocycles. The number of phenolic OH excluding ortho intramolecular Hbond substituents is 2. The zero-order valence-corrected chi connectivity index (χ0v) is 20.5. The number of hydroxylamine groups is 1. The number of anilines is 2. The van der Waals surface area contributed by atoms with Crippen LogP contribution < -0.4 is 15.7 Å². The van der Waals surface area contributed by atoms with Gasteiger partial charge in [0.05, 0.1) is 5.56 Å². The summed E-state index contributed by atoms with van der Waals surface area (Å²) in [6.07, 6.45) is 4.77. The van der Waals surface area contributed by atoms with Crippen molar-refractivity contribution in [3.05, 3.63) is 47.5 Å². The number of rotatable bonds is 12. The van der Waals surface area contributed by atoms with E-state index in [1.807, 2.05) is 13.8 Å². The first-order chi connectivity index (χ1) is 16.6. The van der Waals surface area contributed by atoms with E-state index in [1.54, 1.807) is 36.8 Å². The molecule has 0 aliphatic carbocycles. The molecule has 0 radical (unpaired) electrons. The van der Waals surface area contributed by atoms with E-state index >= 15 is 0 Å². The van der Waals surface area contributed by atoms with Crippen LogP contribution in [0.5, 0.6) is 11.5 Å². The molecule has 9 heteroatoms. The number of carbonyl (C=O) groups excluding carboxylic acids is 3. The summed E-state index contributed by atoms with van der Waals surface area (Å²) in [7, 11) is 1.59. The Hall–Kier alpha value is -3.59. The number of carbonyl (C=O) groups is 3. The molecule has 0 saturated carbocycles. The zero-order valence-electron chi connectivity index (χ0n) is 20.5. The number of amides is 3. The van der Waals surface area contributed by atoms with E-state index in [1.165, 1.54) is 17.0 Å². The smallest absolute Gasteiger partial charge is 0.261 e. The fraction of sp³-hybridized carbons (Fsp3) is 0.423. The Labute approximate surface area is 205 Å². The molecule has 35 heavy (non-hydrogen) atoms. The second-order valence-corrected chi connectivity index (χ2v) is 8.84. The van der Waals surface area contributed by atoms with E-state index in [0.29, 0.717) is 36.2 Å². The second-order valence-electron chi connectivity index (χ2n) is 8.84. The molecule has 0 atom stereocenters. The quantitative estimate of drug-likeness (QED) is 0.168. The van der Waals surface area contributed by atoms with Gasteiger partial charge in [0.2, 0.25) is 11.8 Å². The van der Waals surface area contributed by atoms with Gasteiger partial charge in [-0.25, -0.2) is 5.48 Å². The van der Waals surface area contributed by atoms with E-state index in [4.69, 9.17) is 5.21 Å². The molecule has 2 rings (SSSR count). The fourth-order valence-corrected chi connectivity index (χ4v) is 3.67. The molecule has 190 valence electrons. The number of nitrogens with zero attached hydrogens (tertiary/aromatic N) is 1. The SMILES string of the molecule is CC(C)c1cc(C(=O)N(C)c2ccc(NC(=O)CCCCCCCC(=O)NO)cc2)c(O)cc1O. The molecule has 0 aromatic heterocycles. The number of unbranched alkanes of at least 4 members (excludes halogenated alkanes) is 4. The summed E-state index contributed by atoms with van der Waals surface area (Å²) >= 11 is 0. The third kappa shape index (κ3) is 8.29. The summed E-state index contributed by atoms with van der Waals surface area (Å²) in [4.78, 5) is 37.5. The zero-order chi connectivity index (χ0) is 26.0. The molecule has 0 heterocycles. The van der Waals surface area contributed by atoms with Gasteiger partial charge in [-0.05, 0) is 54.7 Å². The van der Waals surface area contributed by atoms with Crippen molar-refractivity contribution >= 4 is 29.1 Å². The van der Waals surface area contributed by atoms with Gasteiger partial charge in [0.1, 0.15) is 11.5 Å². The van der Waals surface area contributed by atoms with Gasteiger partial charge in [-0.2, -0.15) is 0 Å². The number of nitrogens with one attached hydrogen (secondary N) is 2. The standard InChI is InChI=1S/C26H35N3O6/c1-17(2)20-15-21(23(31)16-22(20)30)26(34)29(3)19-13-11-18(12-14-19)27-24(32)9-7-5-4-6-8-10-25(33)28-35/h11-17,30-31,35H,4-10H2,1-3H3,(H,27,32)(H,28,33). The lowest BCUT2D eigenvalue weighted by Crippen LogP contribution is -2.26. The summed E-state index contributed by atoms with van der Waals surface area (Å²) in [6.45, 7) is 3.78. The minimum atomic E-state index is -0.418. The summed E-state index contributed by atoms with van der Waals surface area (Å²) in [6, 6.07) is 9.52. The van der Waals surface area contributed by atoms with Crippen molar-refractivity contribution in [1.29, 1.82) is 0 Å². The van der Waals surface area contributed by atoms with Crippen LogP contribution in [0.15, 0.2) is 36.4 Å². The Kier molecular flexibility index (Phi) is 10.5. The highest BCUT2D eigenvalue weighted by Crippen LogP contribution is 2.33. The van der Waals surface area contributed by atoms with E-state index < -0.39 is 5.91 Å². The Bertz CT molecular complexity index is 1020. The Morgan fingerprint density at radius 3 is 2.00 bits per heavy atom. The van der Waals surface area contributed by atoms with E-state index in [2.05, 4.69) is 5.32 Å². The van der Waals surface area contributed by atoms with Crippen LogP contribution >= 0.6 is 0 Å². The lowest BCUT2D eigenvalue weighted by Gasteiger charge is -2.20. The predicted molar refractivity (Wildman–Crippen MR) is 134 cm³/mol. The minimum Gasteiger partial charge on any atom is -0.508 e. The van der Waals surface area contributed by atoms with Gasteiger partial charge in [0, 0.05) is 37.3 Å². The maximum Gasteiger partial charge on any atom is 0.261 e. The van der Waals surface area contributed by atoms with Crippen LogP contribution in [0, 0.1) is 0 Å². The van der Waals surface area contributed by atoms with Crippen LogP contribution in [0.2, 0.25) is 0 Å². The molecule has 0 unspecified atom stereocenters. The molecule has 0 aliphatic heterocycles. The highest BCUT2D eigenvalue weighted by atomic mass is 16.5. The summed E-state index contributed by atoms with van der Waals surface area (Å²) in [5.74, 6) is -1.26. The van der Waals surface area contributed by atoms with Gasteiger partial charge in [-0.15, -0.1) is 0 Å². The monoisotopic (exact) mass is 485 g/mol. The first-order valence-corrected chi connectivity index (χ1v) is 11.8. The Balaban J connectivity index is 1.86. The largest absolute Gasteiger partial charge is 0.508 e.